The first kappa shape index (κ1) is 26.9. The minimum atomic E-state index is -4.91. The summed E-state index contributed by atoms with van der Waals surface area (Å²) in [4.78, 5) is 22.3. The SMILES string of the molecule is C[C@H](Nc1cc(Cl)nc2c1cnn2[C@@H]1O[C@H](CC(CO)OP(=O)(O)O)[C@@H](O)[C@H]1O)c1ccccc1F. The number of aliphatic hydroxyl groups is 3. The number of halogens is 2. The molecule has 15 heteroatoms. The highest BCUT2D eigenvalue weighted by atomic mass is 35.5. The van der Waals surface area contributed by atoms with Crippen LogP contribution in [0.1, 0.15) is 31.2 Å². The largest absolute Gasteiger partial charge is 0.469 e. The van der Waals surface area contributed by atoms with Crippen molar-refractivity contribution in [2.75, 3.05) is 11.9 Å². The van der Waals surface area contributed by atoms with Gasteiger partial charge in [-0.2, -0.15) is 5.10 Å². The van der Waals surface area contributed by atoms with Crippen LogP contribution in [0.2, 0.25) is 5.15 Å². The molecule has 0 radical (unpaired) electrons. The maximum absolute atomic E-state index is 14.2. The van der Waals surface area contributed by atoms with Gasteiger partial charge in [-0.1, -0.05) is 29.8 Å². The van der Waals surface area contributed by atoms with Crippen LogP contribution in [-0.4, -0.2) is 70.9 Å². The first-order valence-corrected chi connectivity index (χ1v) is 12.8. The maximum atomic E-state index is 14.2. The Morgan fingerprint density at radius 2 is 2.03 bits per heavy atom. The average Bonchev–Trinajstić information content (AvgIpc) is 3.34. The van der Waals surface area contributed by atoms with Gasteiger partial charge in [0, 0.05) is 12.0 Å². The second-order valence-corrected chi connectivity index (χ2v) is 9.97. The highest BCUT2D eigenvalue weighted by Gasteiger charge is 2.46. The first-order valence-electron chi connectivity index (χ1n) is 10.9. The number of benzene rings is 1. The van der Waals surface area contributed by atoms with Crippen molar-refractivity contribution < 1.29 is 43.3 Å². The topological polar surface area (TPSA) is 179 Å². The Hall–Kier alpha value is -2.19. The summed E-state index contributed by atoms with van der Waals surface area (Å²) >= 11 is 6.23. The molecule has 1 aliphatic heterocycles. The summed E-state index contributed by atoms with van der Waals surface area (Å²) in [6, 6.07) is 7.41. The van der Waals surface area contributed by atoms with Gasteiger partial charge in [0.25, 0.3) is 0 Å². The molecule has 0 bridgehead atoms. The van der Waals surface area contributed by atoms with Crippen LogP contribution in [0.5, 0.6) is 0 Å². The van der Waals surface area contributed by atoms with E-state index in [0.29, 0.717) is 16.6 Å². The molecule has 36 heavy (non-hydrogen) atoms. The van der Waals surface area contributed by atoms with Crippen LogP contribution in [0, 0.1) is 5.82 Å². The molecule has 0 spiro atoms. The predicted molar refractivity (Wildman–Crippen MR) is 126 cm³/mol. The summed E-state index contributed by atoms with van der Waals surface area (Å²) in [6.45, 7) is 1.01. The Bertz CT molecular complexity index is 1280. The Labute approximate surface area is 209 Å². The normalized spacial score (nSPS) is 24.2. The number of hydrogen-bond donors (Lipinski definition) is 6. The van der Waals surface area contributed by atoms with Crippen LogP contribution in [-0.2, 0) is 13.8 Å². The van der Waals surface area contributed by atoms with Crippen LogP contribution < -0.4 is 5.32 Å². The third kappa shape index (κ3) is 5.70. The summed E-state index contributed by atoms with van der Waals surface area (Å²) in [7, 11) is -4.91. The second kappa shape index (κ2) is 10.7. The van der Waals surface area contributed by atoms with E-state index in [0.717, 1.165) is 0 Å². The molecular weight excluding hydrogens is 522 g/mol. The van der Waals surface area contributed by atoms with E-state index in [4.69, 9.17) is 26.1 Å². The fraction of sp³-hybridized carbons (Fsp3) is 0.429. The quantitative estimate of drug-likeness (QED) is 0.170. The number of phosphoric ester groups is 1. The van der Waals surface area contributed by atoms with Crippen molar-refractivity contribution in [3.05, 3.63) is 53.1 Å². The van der Waals surface area contributed by atoms with E-state index in [1.165, 1.54) is 16.9 Å². The van der Waals surface area contributed by atoms with E-state index in [1.807, 2.05) is 0 Å². The van der Waals surface area contributed by atoms with Crippen molar-refractivity contribution in [3.8, 4) is 0 Å². The molecule has 3 heterocycles. The van der Waals surface area contributed by atoms with Gasteiger partial charge in [-0.25, -0.2) is 18.6 Å². The molecule has 4 rings (SSSR count). The summed E-state index contributed by atoms with van der Waals surface area (Å²) < 4.78 is 36.8. The zero-order valence-electron chi connectivity index (χ0n) is 18.8. The lowest BCUT2D eigenvalue weighted by molar-refractivity contribution is -0.0583. The fourth-order valence-corrected chi connectivity index (χ4v) is 4.89. The van der Waals surface area contributed by atoms with E-state index in [9.17, 15) is 24.3 Å². The zero-order chi connectivity index (χ0) is 26.2. The van der Waals surface area contributed by atoms with Crippen molar-refractivity contribution in [1.82, 2.24) is 14.8 Å². The summed E-state index contributed by atoms with van der Waals surface area (Å²) in [6.07, 6.45) is -5.60. The standard InChI is InChI=1S/C21H25ClFN4O8P/c1-10(12-4-2-3-5-14(12)23)25-15-7-17(22)26-20-13(15)8-24-27(20)21-19(30)18(29)16(34-21)6-11(9-28)35-36(31,32)33/h2-5,7-8,10-11,16,18-19,21,28-30H,6,9H2,1H3,(H,25,26)(H2,31,32,33)/t10-,11?,16+,18+,19+,21+/m0/s1. The lowest BCUT2D eigenvalue weighted by Gasteiger charge is -2.21. The van der Waals surface area contributed by atoms with Gasteiger partial charge in [0.15, 0.2) is 11.9 Å². The molecule has 3 aromatic rings. The van der Waals surface area contributed by atoms with Crippen LogP contribution in [0.4, 0.5) is 10.1 Å². The van der Waals surface area contributed by atoms with Crippen LogP contribution in [0.25, 0.3) is 11.0 Å². The van der Waals surface area contributed by atoms with E-state index in [-0.39, 0.29) is 23.0 Å². The van der Waals surface area contributed by atoms with E-state index >= 15 is 0 Å². The van der Waals surface area contributed by atoms with Crippen molar-refractivity contribution in [2.24, 2.45) is 0 Å². The van der Waals surface area contributed by atoms with E-state index in [2.05, 4.69) is 19.9 Å². The van der Waals surface area contributed by atoms with Gasteiger partial charge in [0.2, 0.25) is 0 Å². The van der Waals surface area contributed by atoms with Gasteiger partial charge in [0.1, 0.15) is 23.2 Å². The molecule has 1 aromatic carbocycles. The van der Waals surface area contributed by atoms with Gasteiger partial charge in [-0.05, 0) is 19.1 Å². The molecule has 196 valence electrons. The summed E-state index contributed by atoms with van der Waals surface area (Å²) in [5.74, 6) is -0.379. The minimum Gasteiger partial charge on any atom is -0.394 e. The first-order chi connectivity index (χ1) is 17.0. The zero-order valence-corrected chi connectivity index (χ0v) is 20.5. The van der Waals surface area contributed by atoms with Crippen LogP contribution in [0.15, 0.2) is 36.5 Å². The molecule has 1 unspecified atom stereocenters. The predicted octanol–water partition coefficient (Wildman–Crippen LogP) is 1.88. The van der Waals surface area contributed by atoms with E-state index in [1.54, 1.807) is 31.2 Å². The molecule has 1 aliphatic rings. The Morgan fingerprint density at radius 3 is 2.69 bits per heavy atom. The molecule has 1 saturated heterocycles. The summed E-state index contributed by atoms with van der Waals surface area (Å²) in [5.41, 5.74) is 1.13. The maximum Gasteiger partial charge on any atom is 0.469 e. The number of aromatic nitrogens is 3. The number of ether oxygens (including phenoxy) is 1. The number of fused-ring (bicyclic) bond motifs is 1. The number of hydrogen-bond acceptors (Lipinski definition) is 9. The third-order valence-electron chi connectivity index (χ3n) is 5.84. The highest BCUT2D eigenvalue weighted by molar-refractivity contribution is 7.46. The number of aliphatic hydroxyl groups excluding tert-OH is 3. The van der Waals surface area contributed by atoms with Gasteiger partial charge < -0.3 is 35.2 Å². The second-order valence-electron chi connectivity index (χ2n) is 8.39. The molecule has 2 aromatic heterocycles. The molecule has 1 fully saturated rings. The lowest BCUT2D eigenvalue weighted by Crippen LogP contribution is -2.34. The molecule has 0 saturated carbocycles. The Morgan fingerprint density at radius 1 is 1.31 bits per heavy atom. The molecule has 6 atom stereocenters. The summed E-state index contributed by atoms with van der Waals surface area (Å²) in [5, 5.41) is 38.5. The molecule has 12 nitrogen and oxygen atoms in total. The molecule has 0 aliphatic carbocycles. The molecular formula is C21H25ClFN4O8P. The number of rotatable bonds is 9. The Kier molecular flexibility index (Phi) is 7.95. The fourth-order valence-electron chi connectivity index (χ4n) is 4.16. The Balaban J connectivity index is 1.60. The number of phosphoric acid groups is 1. The number of nitrogens with one attached hydrogen (secondary N) is 1. The van der Waals surface area contributed by atoms with Gasteiger partial charge in [0.05, 0.1) is 42.1 Å². The molecule has 0 amide bonds. The smallest absolute Gasteiger partial charge is 0.394 e. The number of pyridine rings is 1. The van der Waals surface area contributed by atoms with Crippen LogP contribution >= 0.6 is 19.4 Å². The minimum absolute atomic E-state index is 0.0763. The van der Waals surface area contributed by atoms with Crippen molar-refractivity contribution in [1.29, 1.82) is 0 Å². The van der Waals surface area contributed by atoms with Gasteiger partial charge >= 0.3 is 7.82 Å². The number of nitrogens with zero attached hydrogens (tertiary/aromatic N) is 3. The van der Waals surface area contributed by atoms with Gasteiger partial charge in [-0.3, -0.25) is 4.52 Å². The van der Waals surface area contributed by atoms with Crippen molar-refractivity contribution in [2.45, 2.75) is 50.0 Å². The van der Waals surface area contributed by atoms with Gasteiger partial charge in [-0.15, -0.1) is 0 Å². The monoisotopic (exact) mass is 546 g/mol. The third-order valence-corrected chi connectivity index (χ3v) is 6.61. The average molecular weight is 547 g/mol. The van der Waals surface area contributed by atoms with Crippen LogP contribution in [0.3, 0.4) is 0 Å². The lowest BCUT2D eigenvalue weighted by atomic mass is 10.0. The van der Waals surface area contributed by atoms with Crippen molar-refractivity contribution in [3.63, 3.8) is 0 Å². The van der Waals surface area contributed by atoms with Crippen molar-refractivity contribution >= 4 is 36.1 Å². The molecule has 6 N–H and O–H groups in total. The van der Waals surface area contributed by atoms with E-state index < -0.39 is 51.1 Å². The number of anilines is 1. The highest BCUT2D eigenvalue weighted by Crippen LogP contribution is 2.41.